The Morgan fingerprint density at radius 2 is 1.73 bits per heavy atom. The van der Waals surface area contributed by atoms with Crippen molar-refractivity contribution in [2.24, 2.45) is 10.9 Å². The van der Waals surface area contributed by atoms with E-state index >= 15 is 0 Å². The van der Waals surface area contributed by atoms with E-state index < -0.39 is 12.2 Å². The van der Waals surface area contributed by atoms with Crippen molar-refractivity contribution in [3.05, 3.63) is 47.3 Å². The lowest BCUT2D eigenvalue weighted by Crippen LogP contribution is -2.64. The molecule has 4 rings (SSSR count). The molecular weight excluding hydrogens is 378 g/mol. The molecule has 1 fully saturated rings. The van der Waals surface area contributed by atoms with Crippen molar-refractivity contribution < 1.29 is 9.59 Å². The van der Waals surface area contributed by atoms with Crippen molar-refractivity contribution >= 4 is 17.9 Å². The Labute approximate surface area is 178 Å². The lowest BCUT2D eigenvalue weighted by Gasteiger charge is -2.40. The van der Waals surface area contributed by atoms with Gasteiger partial charge in [0.05, 0.1) is 0 Å². The smallest absolute Gasteiger partial charge is 0.314 e. The van der Waals surface area contributed by atoms with E-state index in [-0.39, 0.29) is 11.9 Å². The zero-order valence-corrected chi connectivity index (χ0v) is 18.5. The zero-order chi connectivity index (χ0) is 21.6. The van der Waals surface area contributed by atoms with Crippen LogP contribution in [0.1, 0.15) is 39.7 Å². The van der Waals surface area contributed by atoms with E-state index in [1.807, 2.05) is 30.0 Å². The number of allylic oxidation sites excluding steroid dienone is 2. The average molecular weight is 410 g/mol. The molecule has 1 aromatic carbocycles. The number of benzene rings is 1. The Bertz CT molecular complexity index is 907. The minimum absolute atomic E-state index is 0.145. The van der Waals surface area contributed by atoms with E-state index in [9.17, 15) is 9.59 Å². The van der Waals surface area contributed by atoms with Gasteiger partial charge in [0.1, 0.15) is 0 Å². The molecule has 2 unspecified atom stereocenters. The molecule has 3 amide bonds. The normalized spacial score (nSPS) is 23.6. The van der Waals surface area contributed by atoms with E-state index in [2.05, 4.69) is 37.8 Å². The molecule has 0 spiro atoms. The fourth-order valence-electron chi connectivity index (χ4n) is 4.56. The summed E-state index contributed by atoms with van der Waals surface area (Å²) in [5.41, 5.74) is 3.39. The van der Waals surface area contributed by atoms with Gasteiger partial charge in [0, 0.05) is 31.5 Å². The second kappa shape index (κ2) is 7.78. The predicted molar refractivity (Wildman–Crippen MR) is 116 cm³/mol. The molecule has 7 nitrogen and oxygen atoms in total. The van der Waals surface area contributed by atoms with Gasteiger partial charge in [0.15, 0.2) is 12.2 Å². The third-order valence-electron chi connectivity index (χ3n) is 6.24. The molecule has 0 saturated carbocycles. The van der Waals surface area contributed by atoms with Crippen molar-refractivity contribution in [2.75, 3.05) is 20.1 Å². The van der Waals surface area contributed by atoms with Gasteiger partial charge in [0.2, 0.25) is 5.96 Å². The molecular formula is C23H31N5O2. The molecule has 0 N–H and O–H groups in total. The molecule has 30 heavy (non-hydrogen) atoms. The number of nitrogens with zero attached hydrogens (tertiary/aromatic N) is 5. The summed E-state index contributed by atoms with van der Waals surface area (Å²) in [5.74, 6) is 1.11. The molecule has 1 saturated heterocycles. The lowest BCUT2D eigenvalue weighted by atomic mass is 10.1. The minimum Gasteiger partial charge on any atom is -0.314 e. The van der Waals surface area contributed by atoms with Crippen LogP contribution >= 0.6 is 0 Å². The number of guanidine groups is 1. The Hall–Kier alpha value is -2.83. The summed E-state index contributed by atoms with van der Waals surface area (Å²) in [7, 11) is 1.75. The van der Waals surface area contributed by atoms with E-state index in [0.29, 0.717) is 12.5 Å². The summed E-state index contributed by atoms with van der Waals surface area (Å²) in [6.07, 6.45) is 1.11. The van der Waals surface area contributed by atoms with Gasteiger partial charge in [-0.15, -0.1) is 0 Å². The maximum absolute atomic E-state index is 13.5. The molecule has 0 aliphatic carbocycles. The van der Waals surface area contributed by atoms with Crippen LogP contribution in [0.2, 0.25) is 0 Å². The van der Waals surface area contributed by atoms with Crippen molar-refractivity contribution in [1.82, 2.24) is 19.6 Å². The van der Waals surface area contributed by atoms with E-state index in [1.54, 1.807) is 11.9 Å². The molecule has 3 aliphatic rings. The number of hydrogen-bond acceptors (Lipinski definition) is 5. The zero-order valence-electron chi connectivity index (χ0n) is 18.5. The number of likely N-dealkylation sites (N-methyl/N-ethyl adjacent to an activating group) is 1. The maximum Gasteiger partial charge on any atom is 0.328 e. The summed E-state index contributed by atoms with van der Waals surface area (Å²) in [4.78, 5) is 38.5. The highest BCUT2D eigenvalue weighted by Crippen LogP contribution is 2.38. The lowest BCUT2D eigenvalue weighted by molar-refractivity contribution is -0.136. The molecule has 0 aromatic heterocycles. The number of carbonyl (C=O) groups excluding carboxylic acids is 2. The first-order valence-electron chi connectivity index (χ1n) is 10.8. The van der Waals surface area contributed by atoms with Crippen LogP contribution < -0.4 is 0 Å². The quantitative estimate of drug-likeness (QED) is 0.724. The molecule has 0 bridgehead atoms. The highest BCUT2D eigenvalue weighted by Gasteiger charge is 2.55. The van der Waals surface area contributed by atoms with Gasteiger partial charge < -0.3 is 9.80 Å². The average Bonchev–Trinajstić information content (AvgIpc) is 3.21. The monoisotopic (exact) mass is 409 g/mol. The van der Waals surface area contributed by atoms with Gasteiger partial charge >= 0.3 is 6.03 Å². The minimum atomic E-state index is -0.480. The number of rotatable bonds is 6. The summed E-state index contributed by atoms with van der Waals surface area (Å²) >= 11 is 0. The first-order chi connectivity index (χ1) is 14.3. The topological polar surface area (TPSA) is 59.5 Å². The first kappa shape index (κ1) is 20.4. The number of aryl methyl sites for hydroxylation is 1. The summed E-state index contributed by atoms with van der Waals surface area (Å²) in [6.45, 7) is 9.71. The number of imide groups is 1. The maximum atomic E-state index is 13.5. The van der Waals surface area contributed by atoms with Crippen molar-refractivity contribution in [3.63, 3.8) is 0 Å². The third-order valence-corrected chi connectivity index (χ3v) is 6.24. The fraction of sp³-hybridized carbons (Fsp3) is 0.522. The van der Waals surface area contributed by atoms with Crippen LogP contribution in [0.5, 0.6) is 0 Å². The molecule has 160 valence electrons. The van der Waals surface area contributed by atoms with Gasteiger partial charge in [-0.3, -0.25) is 14.6 Å². The van der Waals surface area contributed by atoms with Crippen molar-refractivity contribution in [1.29, 1.82) is 0 Å². The Morgan fingerprint density at radius 3 is 2.40 bits per heavy atom. The van der Waals surface area contributed by atoms with E-state index in [1.165, 1.54) is 10.5 Å². The van der Waals surface area contributed by atoms with Crippen LogP contribution in [0.15, 0.2) is 46.7 Å². The van der Waals surface area contributed by atoms with Crippen LogP contribution in [0.25, 0.3) is 0 Å². The van der Waals surface area contributed by atoms with E-state index in [0.717, 1.165) is 36.7 Å². The standard InChI is InChI=1S/C23H31N5O2/c1-15(2)14-27-16(3)17(4)28-19-20(24-22(27)28)25(5)23(30)26(21(19)29)13-9-12-18-10-7-6-8-11-18/h6-8,10-11,15,19-20H,9,12-14H2,1-5H3. The highest BCUT2D eigenvalue weighted by molar-refractivity contribution is 6.05. The number of amides is 3. The first-order valence-corrected chi connectivity index (χ1v) is 10.8. The second-order valence-corrected chi connectivity index (χ2v) is 8.81. The van der Waals surface area contributed by atoms with E-state index in [4.69, 9.17) is 4.99 Å². The molecule has 3 aliphatic heterocycles. The van der Waals surface area contributed by atoms with Crippen molar-refractivity contribution in [2.45, 2.75) is 52.7 Å². The molecule has 3 heterocycles. The summed E-state index contributed by atoms with van der Waals surface area (Å²) in [5, 5.41) is 0. The molecule has 0 radical (unpaired) electrons. The Morgan fingerprint density at radius 1 is 1.03 bits per heavy atom. The second-order valence-electron chi connectivity index (χ2n) is 8.81. The SMILES string of the molecule is CC1=C(C)N2C(=NC3C2C(=O)N(CCCc2ccccc2)C(=O)N3C)N1CC(C)C. The van der Waals surface area contributed by atoms with Gasteiger partial charge in [-0.2, -0.15) is 0 Å². The largest absolute Gasteiger partial charge is 0.328 e. The highest BCUT2D eigenvalue weighted by atomic mass is 16.2. The van der Waals surface area contributed by atoms with Crippen LogP contribution in [-0.2, 0) is 11.2 Å². The third kappa shape index (κ3) is 3.26. The molecule has 7 heteroatoms. The Balaban J connectivity index is 1.54. The van der Waals surface area contributed by atoms with Gasteiger partial charge in [0.25, 0.3) is 5.91 Å². The van der Waals surface area contributed by atoms with Crippen LogP contribution in [0.4, 0.5) is 4.79 Å². The predicted octanol–water partition coefficient (Wildman–Crippen LogP) is 3.10. The summed E-state index contributed by atoms with van der Waals surface area (Å²) in [6, 6.07) is 9.42. The van der Waals surface area contributed by atoms with Gasteiger partial charge in [-0.05, 0) is 38.2 Å². The molecule has 2 atom stereocenters. The van der Waals surface area contributed by atoms with Crippen LogP contribution in [0.3, 0.4) is 0 Å². The van der Waals surface area contributed by atoms with Crippen molar-refractivity contribution in [3.8, 4) is 0 Å². The summed E-state index contributed by atoms with van der Waals surface area (Å²) < 4.78 is 0. The number of hydrogen-bond donors (Lipinski definition) is 0. The number of carbonyl (C=O) groups is 2. The van der Waals surface area contributed by atoms with Gasteiger partial charge in [-0.1, -0.05) is 44.2 Å². The van der Waals surface area contributed by atoms with Crippen LogP contribution in [0, 0.1) is 5.92 Å². The van der Waals surface area contributed by atoms with Crippen LogP contribution in [-0.4, -0.2) is 69.8 Å². The molecule has 1 aromatic rings. The Kier molecular flexibility index (Phi) is 5.30. The number of fused-ring (bicyclic) bond motifs is 3. The van der Waals surface area contributed by atoms with Gasteiger partial charge in [-0.25, -0.2) is 9.79 Å². The number of urea groups is 1. The number of aliphatic imine (C=N–C) groups is 1. The fourth-order valence-corrected chi connectivity index (χ4v) is 4.56.